The van der Waals surface area contributed by atoms with Crippen LogP contribution in [0.3, 0.4) is 0 Å². The van der Waals surface area contributed by atoms with E-state index in [4.69, 9.17) is 4.42 Å². The SMILES string of the molecule is CNCC(C)C(=O)Nc1ccc2oc(=O)n(CCN(C)C)c2c1. The second-order valence-corrected chi connectivity index (χ2v) is 5.95. The molecule has 0 spiro atoms. The third-order valence-electron chi connectivity index (χ3n) is 3.66. The first-order chi connectivity index (χ1) is 10.9. The zero-order valence-electron chi connectivity index (χ0n) is 14.0. The molecule has 0 aliphatic heterocycles. The number of carbonyl (C=O) groups excluding carboxylic acids is 1. The number of nitrogens with one attached hydrogen (secondary N) is 2. The summed E-state index contributed by atoms with van der Waals surface area (Å²) in [5.41, 5.74) is 1.87. The Balaban J connectivity index is 2.25. The van der Waals surface area contributed by atoms with Gasteiger partial charge >= 0.3 is 5.76 Å². The third-order valence-corrected chi connectivity index (χ3v) is 3.66. The molecule has 2 rings (SSSR count). The zero-order valence-corrected chi connectivity index (χ0v) is 14.0. The Morgan fingerprint density at radius 2 is 2.13 bits per heavy atom. The fourth-order valence-electron chi connectivity index (χ4n) is 2.32. The maximum Gasteiger partial charge on any atom is 0.419 e. The van der Waals surface area contributed by atoms with E-state index in [0.29, 0.717) is 29.9 Å². The second kappa shape index (κ2) is 7.43. The van der Waals surface area contributed by atoms with Crippen LogP contribution < -0.4 is 16.4 Å². The zero-order chi connectivity index (χ0) is 17.0. The molecular weight excluding hydrogens is 296 g/mol. The summed E-state index contributed by atoms with van der Waals surface area (Å²) in [6.07, 6.45) is 0. The largest absolute Gasteiger partial charge is 0.419 e. The van der Waals surface area contributed by atoms with Crippen molar-refractivity contribution < 1.29 is 9.21 Å². The van der Waals surface area contributed by atoms with Crippen LogP contribution in [-0.2, 0) is 11.3 Å². The number of hydrogen-bond acceptors (Lipinski definition) is 5. The molecular formula is C16H24N4O3. The van der Waals surface area contributed by atoms with Crippen molar-refractivity contribution in [3.05, 3.63) is 28.7 Å². The number of benzene rings is 1. The van der Waals surface area contributed by atoms with Crippen molar-refractivity contribution in [2.45, 2.75) is 13.5 Å². The molecule has 7 heteroatoms. The van der Waals surface area contributed by atoms with Gasteiger partial charge in [-0.3, -0.25) is 9.36 Å². The van der Waals surface area contributed by atoms with Gasteiger partial charge in [0.25, 0.3) is 0 Å². The van der Waals surface area contributed by atoms with Crippen LogP contribution in [0.2, 0.25) is 0 Å². The first-order valence-corrected chi connectivity index (χ1v) is 7.66. The van der Waals surface area contributed by atoms with E-state index in [1.807, 2.05) is 33.0 Å². The Morgan fingerprint density at radius 3 is 2.78 bits per heavy atom. The number of likely N-dealkylation sites (N-methyl/N-ethyl adjacent to an activating group) is 1. The van der Waals surface area contributed by atoms with Crippen molar-refractivity contribution in [2.75, 3.05) is 39.5 Å². The highest BCUT2D eigenvalue weighted by Crippen LogP contribution is 2.19. The van der Waals surface area contributed by atoms with E-state index in [9.17, 15) is 9.59 Å². The number of rotatable bonds is 7. The van der Waals surface area contributed by atoms with Gasteiger partial charge in [0.15, 0.2) is 5.58 Å². The van der Waals surface area contributed by atoms with Crippen molar-refractivity contribution in [2.24, 2.45) is 5.92 Å². The summed E-state index contributed by atoms with van der Waals surface area (Å²) >= 11 is 0. The van der Waals surface area contributed by atoms with Gasteiger partial charge in [-0.25, -0.2) is 4.79 Å². The van der Waals surface area contributed by atoms with Crippen molar-refractivity contribution in [3.8, 4) is 0 Å². The minimum atomic E-state index is -0.381. The van der Waals surface area contributed by atoms with Crippen LogP contribution in [0.25, 0.3) is 11.1 Å². The molecule has 1 atom stereocenters. The molecule has 7 nitrogen and oxygen atoms in total. The Morgan fingerprint density at radius 1 is 1.39 bits per heavy atom. The molecule has 1 unspecified atom stereocenters. The van der Waals surface area contributed by atoms with E-state index in [2.05, 4.69) is 10.6 Å². The summed E-state index contributed by atoms with van der Waals surface area (Å²) in [4.78, 5) is 26.1. The van der Waals surface area contributed by atoms with Gasteiger partial charge in [-0.1, -0.05) is 6.92 Å². The van der Waals surface area contributed by atoms with E-state index in [-0.39, 0.29) is 17.6 Å². The number of hydrogen-bond donors (Lipinski definition) is 2. The molecule has 0 fully saturated rings. The lowest BCUT2D eigenvalue weighted by atomic mass is 10.1. The summed E-state index contributed by atoms with van der Waals surface area (Å²) in [6.45, 7) is 3.72. The van der Waals surface area contributed by atoms with Gasteiger partial charge in [-0.15, -0.1) is 0 Å². The Kier molecular flexibility index (Phi) is 5.57. The van der Waals surface area contributed by atoms with Crippen molar-refractivity contribution in [3.63, 3.8) is 0 Å². The fraction of sp³-hybridized carbons (Fsp3) is 0.500. The monoisotopic (exact) mass is 320 g/mol. The molecule has 1 amide bonds. The number of nitrogens with zero attached hydrogens (tertiary/aromatic N) is 2. The number of anilines is 1. The summed E-state index contributed by atoms with van der Waals surface area (Å²) in [5.74, 6) is -0.589. The standard InChI is InChI=1S/C16H24N4O3/c1-11(10-17-2)15(21)18-12-5-6-14-13(9-12)20(16(22)23-14)8-7-19(3)4/h5-6,9,11,17H,7-8,10H2,1-4H3,(H,18,21). The third kappa shape index (κ3) is 4.20. The quantitative estimate of drug-likeness (QED) is 0.794. The number of amides is 1. The Labute approximate surface area is 135 Å². The number of aromatic nitrogens is 1. The van der Waals surface area contributed by atoms with E-state index in [0.717, 1.165) is 6.54 Å². The molecule has 0 aliphatic rings. The number of carbonyl (C=O) groups is 1. The molecule has 23 heavy (non-hydrogen) atoms. The predicted molar refractivity (Wildman–Crippen MR) is 90.7 cm³/mol. The topological polar surface area (TPSA) is 79.5 Å². The summed E-state index contributed by atoms with van der Waals surface area (Å²) in [6, 6.07) is 5.23. The first-order valence-electron chi connectivity index (χ1n) is 7.66. The van der Waals surface area contributed by atoms with Crippen LogP contribution in [0.1, 0.15) is 6.92 Å². The van der Waals surface area contributed by atoms with Gasteiger partial charge in [0, 0.05) is 31.2 Å². The van der Waals surface area contributed by atoms with Gasteiger partial charge < -0.3 is 20.0 Å². The summed E-state index contributed by atoms with van der Waals surface area (Å²) in [7, 11) is 5.70. The summed E-state index contributed by atoms with van der Waals surface area (Å²) in [5, 5.41) is 5.85. The molecule has 1 aromatic heterocycles. The van der Waals surface area contributed by atoms with Crippen molar-refractivity contribution in [1.29, 1.82) is 0 Å². The fourth-order valence-corrected chi connectivity index (χ4v) is 2.32. The molecule has 0 bridgehead atoms. The maximum absolute atomic E-state index is 12.1. The van der Waals surface area contributed by atoms with E-state index in [1.165, 1.54) is 0 Å². The first kappa shape index (κ1) is 17.2. The average molecular weight is 320 g/mol. The molecule has 2 N–H and O–H groups in total. The van der Waals surface area contributed by atoms with Crippen LogP contribution in [0.4, 0.5) is 5.69 Å². The summed E-state index contributed by atoms with van der Waals surface area (Å²) < 4.78 is 6.83. The molecule has 1 aromatic carbocycles. The van der Waals surface area contributed by atoms with Crippen LogP contribution in [-0.4, -0.2) is 49.6 Å². The second-order valence-electron chi connectivity index (χ2n) is 5.95. The molecule has 1 heterocycles. The van der Waals surface area contributed by atoms with Crippen molar-refractivity contribution >= 4 is 22.7 Å². The van der Waals surface area contributed by atoms with E-state index >= 15 is 0 Å². The average Bonchev–Trinajstić information content (AvgIpc) is 2.80. The van der Waals surface area contributed by atoms with Gasteiger partial charge in [0.2, 0.25) is 5.91 Å². The smallest absolute Gasteiger partial charge is 0.408 e. The normalized spacial score (nSPS) is 12.7. The van der Waals surface area contributed by atoms with Crippen LogP contribution in [0.15, 0.2) is 27.4 Å². The number of oxazole rings is 1. The lowest BCUT2D eigenvalue weighted by Gasteiger charge is -2.12. The Bertz CT molecular complexity index is 732. The molecule has 2 aromatic rings. The maximum atomic E-state index is 12.1. The van der Waals surface area contributed by atoms with Crippen LogP contribution in [0.5, 0.6) is 0 Å². The van der Waals surface area contributed by atoms with Crippen LogP contribution in [0, 0.1) is 5.92 Å². The Hall–Kier alpha value is -2.12. The highest BCUT2D eigenvalue weighted by Gasteiger charge is 2.14. The predicted octanol–water partition coefficient (Wildman–Crippen LogP) is 0.950. The number of fused-ring (bicyclic) bond motifs is 1. The minimum Gasteiger partial charge on any atom is -0.408 e. The van der Waals surface area contributed by atoms with Gasteiger partial charge in [-0.2, -0.15) is 0 Å². The van der Waals surface area contributed by atoms with E-state index < -0.39 is 0 Å². The van der Waals surface area contributed by atoms with Gasteiger partial charge in [0.05, 0.1) is 5.52 Å². The molecule has 0 saturated carbocycles. The molecule has 0 radical (unpaired) electrons. The highest BCUT2D eigenvalue weighted by atomic mass is 16.4. The molecule has 0 saturated heterocycles. The van der Waals surface area contributed by atoms with E-state index in [1.54, 1.807) is 22.8 Å². The molecule has 0 aliphatic carbocycles. The highest BCUT2D eigenvalue weighted by molar-refractivity contribution is 5.94. The van der Waals surface area contributed by atoms with Crippen molar-refractivity contribution in [1.82, 2.24) is 14.8 Å². The molecule has 126 valence electrons. The lowest BCUT2D eigenvalue weighted by Crippen LogP contribution is -2.28. The minimum absolute atomic E-state index is 0.0654. The van der Waals surface area contributed by atoms with Gasteiger partial charge in [-0.05, 0) is 39.3 Å². The van der Waals surface area contributed by atoms with Crippen LogP contribution >= 0.6 is 0 Å². The lowest BCUT2D eigenvalue weighted by molar-refractivity contribution is -0.119. The van der Waals surface area contributed by atoms with Gasteiger partial charge in [0.1, 0.15) is 0 Å².